The zero-order chi connectivity index (χ0) is 10.4. The van der Waals surface area contributed by atoms with Gasteiger partial charge in [0.1, 0.15) is 6.20 Å². The number of aromatic nitrogens is 1. The molecule has 0 radical (unpaired) electrons. The number of rotatable bonds is 4. The fourth-order valence-corrected chi connectivity index (χ4v) is 1.05. The van der Waals surface area contributed by atoms with Crippen LogP contribution < -0.4 is 0 Å². The van der Waals surface area contributed by atoms with Gasteiger partial charge in [0.15, 0.2) is 0 Å². The summed E-state index contributed by atoms with van der Waals surface area (Å²) in [4.78, 5) is 13.5. The molecule has 74 valence electrons. The van der Waals surface area contributed by atoms with Gasteiger partial charge in [-0.15, -0.1) is 0 Å². The molecule has 1 aromatic heterocycles. The molecule has 0 spiro atoms. The molecule has 4 nitrogen and oxygen atoms in total. The second-order valence-electron chi connectivity index (χ2n) is 2.62. The van der Waals surface area contributed by atoms with E-state index in [9.17, 15) is 10.1 Å². The Balaban J connectivity index is 2.68. The van der Waals surface area contributed by atoms with Crippen LogP contribution in [0.15, 0.2) is 24.4 Å². The average molecular weight is 210 g/mol. The van der Waals surface area contributed by atoms with E-state index in [2.05, 4.69) is 17.6 Å². The molecule has 1 aromatic rings. The van der Waals surface area contributed by atoms with Crippen LogP contribution in [0.25, 0.3) is 6.08 Å². The highest BCUT2D eigenvalue weighted by molar-refractivity contribution is 7.80. The predicted octanol–water partition coefficient (Wildman–Crippen LogP) is 2.32. The molecule has 14 heavy (non-hydrogen) atoms. The maximum absolute atomic E-state index is 10.3. The summed E-state index contributed by atoms with van der Waals surface area (Å²) in [6, 6.07) is 3.06. The first-order chi connectivity index (χ1) is 6.74. The van der Waals surface area contributed by atoms with E-state index in [0.29, 0.717) is 0 Å². The van der Waals surface area contributed by atoms with Crippen LogP contribution in [0, 0.1) is 10.1 Å². The van der Waals surface area contributed by atoms with E-state index in [1.54, 1.807) is 6.07 Å². The van der Waals surface area contributed by atoms with Crippen LogP contribution in [0.3, 0.4) is 0 Å². The first-order valence-corrected chi connectivity index (χ1v) is 4.75. The normalized spacial score (nSPS) is 10.6. The second kappa shape index (κ2) is 5.39. The number of hydrogen-bond donors (Lipinski definition) is 1. The largest absolute Gasteiger partial charge is 0.363 e. The number of hydrogen-bond acceptors (Lipinski definition) is 4. The molecule has 0 fully saturated rings. The van der Waals surface area contributed by atoms with Crippen molar-refractivity contribution in [2.75, 3.05) is 5.75 Å². The Kier molecular flexibility index (Phi) is 4.12. The number of allylic oxidation sites excluding steroid dienone is 1. The van der Waals surface area contributed by atoms with Crippen molar-refractivity contribution in [2.24, 2.45) is 0 Å². The molecular formula is C9H10N2O2S. The lowest BCUT2D eigenvalue weighted by molar-refractivity contribution is -0.389. The number of nitro groups is 1. The minimum Gasteiger partial charge on any atom is -0.358 e. The Labute approximate surface area is 87.2 Å². The monoisotopic (exact) mass is 210 g/mol. The van der Waals surface area contributed by atoms with Gasteiger partial charge in [0.2, 0.25) is 0 Å². The highest BCUT2D eigenvalue weighted by Gasteiger charge is 2.03. The van der Waals surface area contributed by atoms with E-state index in [1.807, 2.05) is 12.2 Å². The zero-order valence-corrected chi connectivity index (χ0v) is 8.35. The summed E-state index contributed by atoms with van der Waals surface area (Å²) in [6.07, 6.45) is 6.18. The van der Waals surface area contributed by atoms with Crippen LogP contribution in [0.5, 0.6) is 0 Å². The van der Waals surface area contributed by atoms with Gasteiger partial charge >= 0.3 is 5.82 Å². The third-order valence-corrected chi connectivity index (χ3v) is 1.82. The van der Waals surface area contributed by atoms with Gasteiger partial charge in [0.05, 0.1) is 0 Å². The molecule has 1 rings (SSSR count). The van der Waals surface area contributed by atoms with Crippen molar-refractivity contribution in [3.63, 3.8) is 0 Å². The van der Waals surface area contributed by atoms with Gasteiger partial charge in [-0.05, 0) is 28.1 Å². The molecule has 0 aliphatic rings. The molecule has 1 heterocycles. The molecule has 0 N–H and O–H groups in total. The molecule has 0 unspecified atom stereocenters. The lowest BCUT2D eigenvalue weighted by atomic mass is 10.2. The Bertz CT molecular complexity index is 335. The summed E-state index contributed by atoms with van der Waals surface area (Å²) in [5.41, 5.74) is 0.859. The predicted molar refractivity (Wildman–Crippen MR) is 58.4 cm³/mol. The molecule has 0 aliphatic heterocycles. The van der Waals surface area contributed by atoms with E-state index in [-0.39, 0.29) is 5.82 Å². The van der Waals surface area contributed by atoms with Crippen LogP contribution in [-0.4, -0.2) is 15.7 Å². The van der Waals surface area contributed by atoms with Gasteiger partial charge in [-0.3, -0.25) is 0 Å². The van der Waals surface area contributed by atoms with Crippen LogP contribution in [0.4, 0.5) is 5.82 Å². The zero-order valence-electron chi connectivity index (χ0n) is 7.46. The summed E-state index contributed by atoms with van der Waals surface area (Å²) >= 11 is 4.05. The van der Waals surface area contributed by atoms with Crippen molar-refractivity contribution in [3.8, 4) is 0 Å². The highest BCUT2D eigenvalue weighted by Crippen LogP contribution is 2.08. The quantitative estimate of drug-likeness (QED) is 0.471. The van der Waals surface area contributed by atoms with Gasteiger partial charge in [0.25, 0.3) is 0 Å². The molecule has 0 saturated carbocycles. The Hall–Kier alpha value is -1.36. The smallest absolute Gasteiger partial charge is 0.358 e. The molecule has 0 atom stereocenters. The Morgan fingerprint density at radius 2 is 2.36 bits per heavy atom. The van der Waals surface area contributed by atoms with Gasteiger partial charge in [-0.1, -0.05) is 12.2 Å². The van der Waals surface area contributed by atoms with Crippen LogP contribution in [0.2, 0.25) is 0 Å². The standard InChI is InChI=1S/C9H10N2O2S/c12-11(13)9-5-4-8(7-10-9)3-1-2-6-14/h1,3-5,7,14H,2,6H2. The fourth-order valence-electron chi connectivity index (χ4n) is 0.898. The maximum atomic E-state index is 10.3. The minimum absolute atomic E-state index is 0.128. The highest BCUT2D eigenvalue weighted by atomic mass is 32.1. The minimum atomic E-state index is -0.513. The van der Waals surface area contributed by atoms with E-state index >= 15 is 0 Å². The summed E-state index contributed by atoms with van der Waals surface area (Å²) in [5.74, 6) is 0.660. The number of pyridine rings is 1. The topological polar surface area (TPSA) is 56.0 Å². The molecule has 0 saturated heterocycles. The second-order valence-corrected chi connectivity index (χ2v) is 3.07. The third kappa shape index (κ3) is 3.18. The van der Waals surface area contributed by atoms with Gasteiger partial charge in [-0.2, -0.15) is 12.6 Å². The molecule has 0 aliphatic carbocycles. The summed E-state index contributed by atoms with van der Waals surface area (Å²) in [5, 5.41) is 10.3. The number of nitrogens with zero attached hydrogens (tertiary/aromatic N) is 2. The SMILES string of the molecule is O=[N+]([O-])c1ccc(C=CCCS)cn1. The lowest BCUT2D eigenvalue weighted by Crippen LogP contribution is -1.90. The van der Waals surface area contributed by atoms with Crippen molar-refractivity contribution in [3.05, 3.63) is 40.1 Å². The van der Waals surface area contributed by atoms with Crippen LogP contribution in [0.1, 0.15) is 12.0 Å². The van der Waals surface area contributed by atoms with Crippen molar-refractivity contribution < 1.29 is 4.92 Å². The van der Waals surface area contributed by atoms with Crippen molar-refractivity contribution in [1.82, 2.24) is 4.98 Å². The Morgan fingerprint density at radius 1 is 1.57 bits per heavy atom. The summed E-state index contributed by atoms with van der Waals surface area (Å²) in [6.45, 7) is 0. The van der Waals surface area contributed by atoms with E-state index < -0.39 is 4.92 Å². The fraction of sp³-hybridized carbons (Fsp3) is 0.222. The molecule has 0 aromatic carbocycles. The van der Waals surface area contributed by atoms with Crippen molar-refractivity contribution in [1.29, 1.82) is 0 Å². The molecule has 0 bridgehead atoms. The Morgan fingerprint density at radius 3 is 2.86 bits per heavy atom. The van der Waals surface area contributed by atoms with Crippen molar-refractivity contribution >= 4 is 24.5 Å². The molecule has 0 amide bonds. The first kappa shape index (κ1) is 10.7. The van der Waals surface area contributed by atoms with E-state index in [0.717, 1.165) is 17.7 Å². The maximum Gasteiger partial charge on any atom is 0.363 e. The molecular weight excluding hydrogens is 200 g/mol. The van der Waals surface area contributed by atoms with E-state index in [1.165, 1.54) is 12.3 Å². The average Bonchev–Trinajstić information content (AvgIpc) is 2.19. The summed E-state index contributed by atoms with van der Waals surface area (Å²) < 4.78 is 0. The lowest BCUT2D eigenvalue weighted by Gasteiger charge is -1.91. The van der Waals surface area contributed by atoms with E-state index in [4.69, 9.17) is 0 Å². The van der Waals surface area contributed by atoms with Gasteiger partial charge < -0.3 is 10.1 Å². The van der Waals surface area contributed by atoms with Crippen LogP contribution in [-0.2, 0) is 0 Å². The van der Waals surface area contributed by atoms with Crippen molar-refractivity contribution in [2.45, 2.75) is 6.42 Å². The van der Waals surface area contributed by atoms with Crippen LogP contribution >= 0.6 is 12.6 Å². The third-order valence-electron chi connectivity index (χ3n) is 1.56. The van der Waals surface area contributed by atoms with Gasteiger partial charge in [-0.25, -0.2) is 0 Å². The summed E-state index contributed by atoms with van der Waals surface area (Å²) in [7, 11) is 0. The first-order valence-electron chi connectivity index (χ1n) is 4.12. The molecule has 5 heteroatoms. The number of thiol groups is 1. The van der Waals surface area contributed by atoms with Gasteiger partial charge in [0, 0.05) is 11.6 Å².